The zero-order chi connectivity index (χ0) is 24.2. The molecule has 2 heterocycles. The number of anilines is 1. The molecule has 5 rings (SSSR count). The summed E-state index contributed by atoms with van der Waals surface area (Å²) in [7, 11) is 0. The van der Waals surface area contributed by atoms with E-state index in [-0.39, 0.29) is 5.57 Å². The summed E-state index contributed by atoms with van der Waals surface area (Å²) in [5, 5.41) is 24.4. The standard InChI is InChI=1S/C27H18N4O2S2/c1-17-7-2-4-10-21(17)26-30-31-27(35-26)29-25(32)19(16-28)15-20-13-14-24(33-20)34-23-12-6-9-18-8-3-5-11-22(18)23/h2-15H,1H3,(H,29,31,32)/b19-15-. The molecule has 0 atom stereocenters. The van der Waals surface area contributed by atoms with Crippen molar-refractivity contribution in [2.24, 2.45) is 0 Å². The maximum atomic E-state index is 12.7. The van der Waals surface area contributed by atoms with Crippen LogP contribution in [-0.4, -0.2) is 16.1 Å². The normalized spacial score (nSPS) is 11.4. The average molecular weight is 495 g/mol. The highest BCUT2D eigenvalue weighted by Crippen LogP contribution is 2.35. The van der Waals surface area contributed by atoms with Gasteiger partial charge in [-0.1, -0.05) is 83.8 Å². The zero-order valence-corrected chi connectivity index (χ0v) is 20.2. The fourth-order valence-electron chi connectivity index (χ4n) is 3.51. The molecule has 0 aliphatic carbocycles. The van der Waals surface area contributed by atoms with Gasteiger partial charge in [-0.05, 0) is 41.5 Å². The second-order valence-corrected chi connectivity index (χ2v) is 9.61. The number of carbonyl (C=O) groups excluding carboxylic acids is 1. The molecule has 3 aromatic carbocycles. The van der Waals surface area contributed by atoms with Gasteiger partial charge in [-0.2, -0.15) is 5.26 Å². The zero-order valence-electron chi connectivity index (χ0n) is 18.6. The fourth-order valence-corrected chi connectivity index (χ4v) is 5.27. The smallest absolute Gasteiger partial charge is 0.268 e. The number of benzene rings is 3. The van der Waals surface area contributed by atoms with Crippen LogP contribution in [0, 0.1) is 18.3 Å². The van der Waals surface area contributed by atoms with E-state index in [0.29, 0.717) is 21.0 Å². The predicted molar refractivity (Wildman–Crippen MR) is 139 cm³/mol. The van der Waals surface area contributed by atoms with E-state index in [2.05, 4.69) is 33.7 Å². The van der Waals surface area contributed by atoms with Crippen LogP contribution in [0.15, 0.2) is 98.8 Å². The first-order chi connectivity index (χ1) is 17.1. The summed E-state index contributed by atoms with van der Waals surface area (Å²) < 4.78 is 5.87. The number of rotatable bonds is 6. The molecule has 6 nitrogen and oxygen atoms in total. The van der Waals surface area contributed by atoms with E-state index in [9.17, 15) is 10.1 Å². The van der Waals surface area contributed by atoms with E-state index in [1.165, 1.54) is 29.2 Å². The van der Waals surface area contributed by atoms with Gasteiger partial charge in [0, 0.05) is 16.5 Å². The van der Waals surface area contributed by atoms with Crippen molar-refractivity contribution in [3.8, 4) is 16.6 Å². The average Bonchev–Trinajstić information content (AvgIpc) is 3.52. The molecule has 5 aromatic rings. The number of amides is 1. The first-order valence-corrected chi connectivity index (χ1v) is 12.3. The lowest BCUT2D eigenvalue weighted by Gasteiger charge is -2.04. The summed E-state index contributed by atoms with van der Waals surface area (Å²) >= 11 is 2.74. The van der Waals surface area contributed by atoms with Crippen molar-refractivity contribution in [1.29, 1.82) is 5.26 Å². The molecule has 1 amide bonds. The van der Waals surface area contributed by atoms with E-state index in [1.54, 1.807) is 6.07 Å². The van der Waals surface area contributed by atoms with Crippen LogP contribution in [0.4, 0.5) is 5.13 Å². The number of hydrogen-bond donors (Lipinski definition) is 1. The van der Waals surface area contributed by atoms with Crippen LogP contribution in [0.2, 0.25) is 0 Å². The van der Waals surface area contributed by atoms with Crippen LogP contribution in [0.3, 0.4) is 0 Å². The Balaban J connectivity index is 1.31. The van der Waals surface area contributed by atoms with Gasteiger partial charge in [0.25, 0.3) is 5.91 Å². The highest BCUT2D eigenvalue weighted by molar-refractivity contribution is 7.99. The number of fused-ring (bicyclic) bond motifs is 1. The molecule has 170 valence electrons. The third-order valence-corrected chi connectivity index (χ3v) is 7.10. The van der Waals surface area contributed by atoms with Gasteiger partial charge in [0.05, 0.1) is 0 Å². The van der Waals surface area contributed by atoms with Crippen LogP contribution in [0.1, 0.15) is 11.3 Å². The lowest BCUT2D eigenvalue weighted by atomic mass is 10.1. The van der Waals surface area contributed by atoms with Crippen molar-refractivity contribution in [2.45, 2.75) is 16.9 Å². The summed E-state index contributed by atoms with van der Waals surface area (Å²) in [6.07, 6.45) is 1.42. The molecule has 0 radical (unpaired) electrons. The van der Waals surface area contributed by atoms with Crippen molar-refractivity contribution in [1.82, 2.24) is 10.2 Å². The summed E-state index contributed by atoms with van der Waals surface area (Å²) in [5.74, 6) is -0.156. The minimum Gasteiger partial charge on any atom is -0.450 e. The molecule has 0 saturated heterocycles. The minimum absolute atomic E-state index is 0.0892. The lowest BCUT2D eigenvalue weighted by molar-refractivity contribution is -0.112. The van der Waals surface area contributed by atoms with Gasteiger partial charge in [0.15, 0.2) is 5.09 Å². The van der Waals surface area contributed by atoms with E-state index in [4.69, 9.17) is 4.42 Å². The van der Waals surface area contributed by atoms with E-state index in [0.717, 1.165) is 26.8 Å². The minimum atomic E-state index is -0.570. The van der Waals surface area contributed by atoms with Crippen LogP contribution in [-0.2, 0) is 4.79 Å². The SMILES string of the molecule is Cc1ccccc1-c1nnc(NC(=O)/C(C#N)=C\c2ccc(Sc3cccc4ccccc34)o2)s1. The fraction of sp³-hybridized carbons (Fsp3) is 0.0370. The number of nitrogens with zero attached hydrogens (tertiary/aromatic N) is 3. The quantitative estimate of drug-likeness (QED) is 0.203. The van der Waals surface area contributed by atoms with E-state index in [1.807, 2.05) is 67.6 Å². The third-order valence-electron chi connectivity index (χ3n) is 5.23. The number of aryl methyl sites for hydroxylation is 1. The Morgan fingerprint density at radius 3 is 2.69 bits per heavy atom. The van der Waals surface area contributed by atoms with Crippen molar-refractivity contribution >= 4 is 51.0 Å². The van der Waals surface area contributed by atoms with Crippen molar-refractivity contribution < 1.29 is 9.21 Å². The van der Waals surface area contributed by atoms with Gasteiger partial charge < -0.3 is 4.42 Å². The molecule has 35 heavy (non-hydrogen) atoms. The first-order valence-electron chi connectivity index (χ1n) is 10.7. The molecule has 0 bridgehead atoms. The molecule has 0 saturated carbocycles. The molecule has 1 N–H and O–H groups in total. The second-order valence-electron chi connectivity index (χ2n) is 7.59. The summed E-state index contributed by atoms with van der Waals surface area (Å²) in [6, 6.07) is 27.6. The van der Waals surface area contributed by atoms with Crippen LogP contribution in [0.25, 0.3) is 27.4 Å². The summed E-state index contributed by atoms with van der Waals surface area (Å²) in [5.41, 5.74) is 1.93. The van der Waals surface area contributed by atoms with Gasteiger partial charge in [-0.15, -0.1) is 10.2 Å². The molecule has 0 fully saturated rings. The highest BCUT2D eigenvalue weighted by Gasteiger charge is 2.15. The van der Waals surface area contributed by atoms with Crippen molar-refractivity contribution in [3.63, 3.8) is 0 Å². The van der Waals surface area contributed by atoms with Crippen molar-refractivity contribution in [2.75, 3.05) is 5.32 Å². The van der Waals surface area contributed by atoms with Crippen LogP contribution < -0.4 is 5.32 Å². The number of hydrogen-bond acceptors (Lipinski definition) is 7. The molecule has 0 spiro atoms. The number of nitrogens with one attached hydrogen (secondary N) is 1. The number of nitriles is 1. The van der Waals surface area contributed by atoms with Gasteiger partial charge in [-0.3, -0.25) is 10.1 Å². The molecule has 0 unspecified atom stereocenters. The Hall–Kier alpha value is -4.19. The topological polar surface area (TPSA) is 91.8 Å². The molecular weight excluding hydrogens is 476 g/mol. The maximum absolute atomic E-state index is 12.7. The Kier molecular flexibility index (Phi) is 6.44. The maximum Gasteiger partial charge on any atom is 0.268 e. The molecule has 0 aliphatic heterocycles. The molecular formula is C27H18N4O2S2. The van der Waals surface area contributed by atoms with Gasteiger partial charge in [-0.25, -0.2) is 0 Å². The Labute approximate surface area is 209 Å². The van der Waals surface area contributed by atoms with E-state index < -0.39 is 5.91 Å². The Morgan fingerprint density at radius 2 is 1.83 bits per heavy atom. The molecule has 8 heteroatoms. The Morgan fingerprint density at radius 1 is 1.03 bits per heavy atom. The highest BCUT2D eigenvalue weighted by atomic mass is 32.2. The first kappa shape index (κ1) is 22.6. The van der Waals surface area contributed by atoms with Crippen LogP contribution >= 0.6 is 23.1 Å². The van der Waals surface area contributed by atoms with Gasteiger partial charge in [0.2, 0.25) is 5.13 Å². The van der Waals surface area contributed by atoms with Crippen LogP contribution in [0.5, 0.6) is 0 Å². The number of carbonyl (C=O) groups is 1. The van der Waals surface area contributed by atoms with Gasteiger partial charge >= 0.3 is 0 Å². The monoisotopic (exact) mass is 494 g/mol. The van der Waals surface area contributed by atoms with E-state index >= 15 is 0 Å². The molecule has 0 aliphatic rings. The summed E-state index contributed by atoms with van der Waals surface area (Å²) in [4.78, 5) is 13.8. The Bertz CT molecular complexity index is 1610. The van der Waals surface area contributed by atoms with Gasteiger partial charge in [0.1, 0.15) is 22.4 Å². The molecule has 2 aromatic heterocycles. The number of furan rings is 1. The summed E-state index contributed by atoms with van der Waals surface area (Å²) in [6.45, 7) is 1.99. The van der Waals surface area contributed by atoms with Crippen molar-refractivity contribution in [3.05, 3.63) is 95.8 Å². The largest absolute Gasteiger partial charge is 0.450 e. The predicted octanol–water partition coefficient (Wildman–Crippen LogP) is 6.96. The lowest BCUT2D eigenvalue weighted by Crippen LogP contribution is -2.13. The second kappa shape index (κ2) is 9.97. The number of aromatic nitrogens is 2. The third kappa shape index (κ3) is 5.01.